The summed E-state index contributed by atoms with van der Waals surface area (Å²) in [6.07, 6.45) is -10.3. The van der Waals surface area contributed by atoms with Gasteiger partial charge in [0.25, 0.3) is 5.91 Å². The van der Waals surface area contributed by atoms with Gasteiger partial charge in [-0.3, -0.25) is 4.79 Å². The first kappa shape index (κ1) is 30.7. The Labute approximate surface area is 235 Å². The van der Waals surface area contributed by atoms with E-state index in [0.29, 0.717) is 18.5 Å². The van der Waals surface area contributed by atoms with Crippen molar-refractivity contribution >= 4 is 12.0 Å². The lowest BCUT2D eigenvalue weighted by atomic mass is 9.87. The van der Waals surface area contributed by atoms with Crippen LogP contribution in [0.1, 0.15) is 49.9 Å². The van der Waals surface area contributed by atoms with Crippen molar-refractivity contribution < 1.29 is 46.5 Å². The average Bonchev–Trinajstić information content (AvgIpc) is 2.90. The number of halogens is 4. The fourth-order valence-electron chi connectivity index (χ4n) is 5.12. The highest BCUT2D eigenvalue weighted by molar-refractivity contribution is 5.82. The van der Waals surface area contributed by atoms with Crippen LogP contribution in [0.25, 0.3) is 0 Å². The van der Waals surface area contributed by atoms with Crippen LogP contribution in [0.3, 0.4) is 0 Å². The molecule has 2 aliphatic heterocycles. The van der Waals surface area contributed by atoms with E-state index in [1.807, 2.05) is 24.3 Å². The molecule has 0 aromatic heterocycles. The van der Waals surface area contributed by atoms with E-state index in [1.165, 1.54) is 12.1 Å². The molecule has 1 fully saturated rings. The van der Waals surface area contributed by atoms with Crippen LogP contribution in [0.5, 0.6) is 0 Å². The lowest BCUT2D eigenvalue weighted by Crippen LogP contribution is -2.58. The van der Waals surface area contributed by atoms with E-state index in [1.54, 1.807) is 37.8 Å². The zero-order chi connectivity index (χ0) is 29.9. The van der Waals surface area contributed by atoms with Crippen molar-refractivity contribution in [2.24, 2.45) is 0 Å². The molecule has 224 valence electrons. The number of nitrogens with zero attached hydrogens (tertiary/aromatic N) is 1. The summed E-state index contributed by atoms with van der Waals surface area (Å²) in [4.78, 5) is 28.1. The Bertz CT molecular complexity index is 1220. The number of fused-ring (bicyclic) bond motifs is 1. The first-order chi connectivity index (χ1) is 19.3. The molecule has 0 saturated carbocycles. The van der Waals surface area contributed by atoms with Gasteiger partial charge in [0.1, 0.15) is 23.6 Å². The van der Waals surface area contributed by atoms with Crippen LogP contribution in [-0.2, 0) is 25.4 Å². The maximum atomic E-state index is 13.9. The maximum absolute atomic E-state index is 13.9. The number of carbonyl (C=O) groups excluding carboxylic acids is 2. The summed E-state index contributed by atoms with van der Waals surface area (Å²) < 4.78 is 70.0. The van der Waals surface area contributed by atoms with Crippen LogP contribution in [-0.4, -0.2) is 77.9 Å². The number of amides is 2. The lowest BCUT2D eigenvalue weighted by Gasteiger charge is -2.42. The molecular weight excluding hydrogens is 548 g/mol. The summed E-state index contributed by atoms with van der Waals surface area (Å²) in [6, 6.07) is 11.8. The zero-order valence-corrected chi connectivity index (χ0v) is 23.0. The lowest BCUT2D eigenvalue weighted by molar-refractivity contribution is -0.255. The number of carbonyl (C=O) groups is 2. The Balaban J connectivity index is 1.59. The van der Waals surface area contributed by atoms with Crippen molar-refractivity contribution in [1.82, 2.24) is 10.2 Å². The predicted octanol–water partition coefficient (Wildman–Crippen LogP) is 4.29. The van der Waals surface area contributed by atoms with Crippen molar-refractivity contribution in [3.05, 3.63) is 71.0 Å². The molecule has 4 rings (SSSR count). The number of benzene rings is 2. The second-order valence-corrected chi connectivity index (χ2v) is 11.1. The average molecular weight is 583 g/mol. The molecule has 1 saturated heterocycles. The molecule has 2 aliphatic rings. The Morgan fingerprint density at radius 3 is 2.44 bits per heavy atom. The van der Waals surface area contributed by atoms with Gasteiger partial charge < -0.3 is 29.5 Å². The van der Waals surface area contributed by atoms with Gasteiger partial charge in [0, 0.05) is 13.0 Å². The molecule has 2 aromatic carbocycles. The second-order valence-electron chi connectivity index (χ2n) is 11.1. The van der Waals surface area contributed by atoms with Gasteiger partial charge in [-0.05, 0) is 56.0 Å². The minimum absolute atomic E-state index is 0.201. The van der Waals surface area contributed by atoms with Gasteiger partial charge in [0.05, 0.1) is 25.3 Å². The Morgan fingerprint density at radius 2 is 1.80 bits per heavy atom. The van der Waals surface area contributed by atoms with E-state index in [-0.39, 0.29) is 6.42 Å². The number of ether oxygens (including phenoxy) is 3. The SMILES string of the molecule is CC(C)(C)OC(=O)N[C@H]1C[C@H](C(=O)N2CCc3ccccc3[C@@H]2c2ccc(F)cc2)OC[C@@H]1O[C@H](CO)C(F)(F)F. The molecule has 0 aliphatic carbocycles. The van der Waals surface area contributed by atoms with Gasteiger partial charge in [-0.15, -0.1) is 0 Å². The molecule has 2 N–H and O–H groups in total. The van der Waals surface area contributed by atoms with Crippen molar-refractivity contribution in [1.29, 1.82) is 0 Å². The van der Waals surface area contributed by atoms with E-state index in [0.717, 1.165) is 11.1 Å². The fraction of sp³-hybridized carbons (Fsp3) is 0.517. The number of aliphatic hydroxyl groups is 1. The van der Waals surface area contributed by atoms with Crippen LogP contribution in [0.2, 0.25) is 0 Å². The summed E-state index contributed by atoms with van der Waals surface area (Å²) >= 11 is 0. The van der Waals surface area contributed by atoms with Crippen molar-refractivity contribution in [2.75, 3.05) is 19.8 Å². The summed E-state index contributed by atoms with van der Waals surface area (Å²) in [6.45, 7) is 3.44. The van der Waals surface area contributed by atoms with E-state index >= 15 is 0 Å². The van der Waals surface area contributed by atoms with Gasteiger partial charge in [0.15, 0.2) is 6.10 Å². The number of hydrogen-bond donors (Lipinski definition) is 2. The summed E-state index contributed by atoms with van der Waals surface area (Å²) in [5, 5.41) is 11.8. The molecule has 0 spiro atoms. The third-order valence-electron chi connectivity index (χ3n) is 6.98. The van der Waals surface area contributed by atoms with Crippen LogP contribution in [0.4, 0.5) is 22.4 Å². The van der Waals surface area contributed by atoms with E-state index in [4.69, 9.17) is 14.2 Å². The minimum Gasteiger partial charge on any atom is -0.444 e. The second kappa shape index (κ2) is 12.3. The Morgan fingerprint density at radius 1 is 1.12 bits per heavy atom. The maximum Gasteiger partial charge on any atom is 0.416 e. The summed E-state index contributed by atoms with van der Waals surface area (Å²) in [7, 11) is 0. The van der Waals surface area contributed by atoms with Gasteiger partial charge in [-0.25, -0.2) is 9.18 Å². The number of alkyl halides is 3. The highest BCUT2D eigenvalue weighted by Gasteiger charge is 2.46. The molecule has 0 radical (unpaired) electrons. The summed E-state index contributed by atoms with van der Waals surface area (Å²) in [5.41, 5.74) is 1.71. The highest BCUT2D eigenvalue weighted by atomic mass is 19.4. The molecule has 2 heterocycles. The standard InChI is InChI=1S/C29H34F4N2O6/c1-28(2,3)41-27(38)34-21-14-22(39-16-23(21)40-24(15-36)29(31,32)33)26(37)35-13-12-17-6-4-5-7-20(17)25(35)18-8-10-19(30)11-9-18/h4-11,21-25,36H,12-16H2,1-3H3,(H,34,38)/t21-,22+,23-,24+,25-/m0/s1. The molecular formula is C29H34F4N2O6. The molecule has 12 heteroatoms. The first-order valence-corrected chi connectivity index (χ1v) is 13.3. The van der Waals surface area contributed by atoms with Gasteiger partial charge >= 0.3 is 12.3 Å². The van der Waals surface area contributed by atoms with E-state index < -0.39 is 73.2 Å². The predicted molar refractivity (Wildman–Crippen MR) is 139 cm³/mol. The third-order valence-corrected chi connectivity index (χ3v) is 6.98. The van der Waals surface area contributed by atoms with Gasteiger partial charge in [0.2, 0.25) is 0 Å². The molecule has 0 unspecified atom stereocenters. The van der Waals surface area contributed by atoms with Gasteiger partial charge in [-0.2, -0.15) is 13.2 Å². The Kier molecular flexibility index (Phi) is 9.25. The van der Waals surface area contributed by atoms with E-state index in [2.05, 4.69) is 5.32 Å². The van der Waals surface area contributed by atoms with E-state index in [9.17, 15) is 32.3 Å². The van der Waals surface area contributed by atoms with Crippen molar-refractivity contribution in [3.8, 4) is 0 Å². The van der Waals surface area contributed by atoms with Crippen LogP contribution >= 0.6 is 0 Å². The highest BCUT2D eigenvalue weighted by Crippen LogP contribution is 2.37. The summed E-state index contributed by atoms with van der Waals surface area (Å²) in [5.74, 6) is -0.855. The Hall–Kier alpha value is -3.22. The van der Waals surface area contributed by atoms with Gasteiger partial charge in [-0.1, -0.05) is 36.4 Å². The number of alkyl carbamates (subject to hydrolysis) is 1. The normalized spacial score (nSPS) is 23.9. The molecule has 0 bridgehead atoms. The first-order valence-electron chi connectivity index (χ1n) is 13.3. The molecule has 8 nitrogen and oxygen atoms in total. The zero-order valence-electron chi connectivity index (χ0n) is 23.0. The van der Waals surface area contributed by atoms with Crippen LogP contribution in [0, 0.1) is 5.82 Å². The number of hydrogen-bond acceptors (Lipinski definition) is 6. The monoisotopic (exact) mass is 582 g/mol. The topological polar surface area (TPSA) is 97.3 Å². The van der Waals surface area contributed by atoms with Crippen LogP contribution < -0.4 is 5.32 Å². The minimum atomic E-state index is -4.86. The quantitative estimate of drug-likeness (QED) is 0.494. The van der Waals surface area contributed by atoms with Crippen molar-refractivity contribution in [3.63, 3.8) is 0 Å². The van der Waals surface area contributed by atoms with Crippen LogP contribution in [0.15, 0.2) is 48.5 Å². The largest absolute Gasteiger partial charge is 0.444 e. The number of aliphatic hydroxyl groups excluding tert-OH is 1. The molecule has 5 atom stereocenters. The third kappa shape index (κ3) is 7.55. The van der Waals surface area contributed by atoms with Crippen molar-refractivity contribution in [2.45, 2.75) is 75.8 Å². The molecule has 2 amide bonds. The molecule has 2 aromatic rings. The molecule has 41 heavy (non-hydrogen) atoms. The number of nitrogens with one attached hydrogen (secondary N) is 1. The smallest absolute Gasteiger partial charge is 0.416 e. The fourth-order valence-corrected chi connectivity index (χ4v) is 5.12. The number of rotatable bonds is 6.